The van der Waals surface area contributed by atoms with Gasteiger partial charge in [0.05, 0.1) is 23.5 Å². The molecule has 0 saturated heterocycles. The van der Waals surface area contributed by atoms with E-state index in [0.717, 1.165) is 27.2 Å². The molecule has 0 spiro atoms. The SMILES string of the molecule is COc1ccc(COC(=O)c2cn(N(CCNS(=O)(=O)c3nc4ccccc4s3)CC(=O)O)c(=O)nc2N)cc1. The monoisotopic (exact) mass is 588 g/mol. The van der Waals surface area contributed by atoms with Gasteiger partial charge in [-0.1, -0.05) is 24.3 Å². The largest absolute Gasteiger partial charge is 0.497 e. The van der Waals surface area contributed by atoms with E-state index in [2.05, 4.69) is 14.7 Å². The highest BCUT2D eigenvalue weighted by Gasteiger charge is 2.22. The number of carboxylic acid groups (broad SMARTS) is 1. The first-order valence-corrected chi connectivity index (χ1v) is 13.9. The molecular formula is C24H24N6O8S2. The summed E-state index contributed by atoms with van der Waals surface area (Å²) in [4.78, 5) is 44.6. The molecule has 0 atom stereocenters. The molecule has 4 rings (SSSR count). The van der Waals surface area contributed by atoms with Crippen molar-refractivity contribution < 1.29 is 32.6 Å². The molecule has 4 N–H and O–H groups in total. The molecule has 0 aliphatic heterocycles. The van der Waals surface area contributed by atoms with Gasteiger partial charge in [-0.3, -0.25) is 9.80 Å². The number of thiazole rings is 1. The van der Waals surface area contributed by atoms with Crippen LogP contribution in [0.3, 0.4) is 0 Å². The van der Waals surface area contributed by atoms with Crippen molar-refractivity contribution >= 4 is 49.3 Å². The van der Waals surface area contributed by atoms with E-state index in [0.29, 0.717) is 21.5 Å². The van der Waals surface area contributed by atoms with Gasteiger partial charge in [-0.15, -0.1) is 11.3 Å². The van der Waals surface area contributed by atoms with Crippen LogP contribution < -0.4 is 25.9 Å². The Morgan fingerprint density at radius 2 is 1.88 bits per heavy atom. The topological polar surface area (TPSA) is 196 Å². The van der Waals surface area contributed by atoms with E-state index in [1.807, 2.05) is 0 Å². The zero-order valence-electron chi connectivity index (χ0n) is 21.0. The average Bonchev–Trinajstić information content (AvgIpc) is 3.37. The third kappa shape index (κ3) is 6.71. The molecule has 0 amide bonds. The number of nitrogens with one attached hydrogen (secondary N) is 1. The number of carbonyl (C=O) groups excluding carboxylic acids is 1. The van der Waals surface area contributed by atoms with Crippen LogP contribution in [-0.4, -0.2) is 66.9 Å². The summed E-state index contributed by atoms with van der Waals surface area (Å²) in [5, 5.41) is 10.4. The smallest absolute Gasteiger partial charge is 0.368 e. The Kier molecular flexibility index (Phi) is 8.61. The maximum Gasteiger partial charge on any atom is 0.368 e. The number of nitrogens with zero attached hydrogens (tertiary/aromatic N) is 4. The maximum absolute atomic E-state index is 12.8. The van der Waals surface area contributed by atoms with E-state index < -0.39 is 40.0 Å². The van der Waals surface area contributed by atoms with Crippen molar-refractivity contribution in [2.45, 2.75) is 10.9 Å². The zero-order valence-corrected chi connectivity index (χ0v) is 22.6. The Morgan fingerprint density at radius 1 is 1.15 bits per heavy atom. The minimum Gasteiger partial charge on any atom is -0.497 e. The Hall–Kier alpha value is -4.54. The fourth-order valence-corrected chi connectivity index (χ4v) is 5.81. The number of anilines is 1. The fourth-order valence-electron chi connectivity index (χ4n) is 3.52. The van der Waals surface area contributed by atoms with Crippen molar-refractivity contribution in [3.05, 3.63) is 76.3 Å². The molecule has 0 aliphatic carbocycles. The summed E-state index contributed by atoms with van der Waals surface area (Å²) in [6, 6.07) is 13.7. The van der Waals surface area contributed by atoms with Crippen LogP contribution in [0.4, 0.5) is 5.82 Å². The van der Waals surface area contributed by atoms with Gasteiger partial charge in [0.15, 0.2) is 0 Å². The van der Waals surface area contributed by atoms with Gasteiger partial charge in [-0.25, -0.2) is 32.4 Å². The normalized spacial score (nSPS) is 11.3. The number of methoxy groups -OCH3 is 1. The van der Waals surface area contributed by atoms with Crippen LogP contribution in [0, 0.1) is 0 Å². The summed E-state index contributed by atoms with van der Waals surface area (Å²) in [5.41, 5.74) is 5.70. The number of para-hydroxylation sites is 1. The van der Waals surface area contributed by atoms with Crippen molar-refractivity contribution in [1.29, 1.82) is 0 Å². The summed E-state index contributed by atoms with van der Waals surface area (Å²) in [5.74, 6) is -2.01. The Labute approximate surface area is 231 Å². The van der Waals surface area contributed by atoms with Crippen molar-refractivity contribution in [2.24, 2.45) is 0 Å². The van der Waals surface area contributed by atoms with E-state index in [1.54, 1.807) is 48.5 Å². The lowest BCUT2D eigenvalue weighted by molar-refractivity contribution is -0.135. The van der Waals surface area contributed by atoms with Crippen molar-refractivity contribution in [1.82, 2.24) is 19.4 Å². The number of esters is 1. The molecule has 0 radical (unpaired) electrons. The Balaban J connectivity index is 1.49. The highest BCUT2D eigenvalue weighted by molar-refractivity contribution is 7.91. The second-order valence-corrected chi connectivity index (χ2v) is 11.2. The number of fused-ring (bicyclic) bond motifs is 1. The highest BCUT2D eigenvalue weighted by Crippen LogP contribution is 2.24. The standard InChI is InChI=1S/C24H24N6O8S2/c1-37-16-8-6-15(7-9-16)14-38-22(33)17-12-30(23(34)28-21(17)25)29(13-20(31)32)11-10-26-40(35,36)24-27-18-4-2-3-5-19(18)39-24/h2-9,12,26H,10-11,13-14H2,1H3,(H,31,32)(H2,25,28,34). The van der Waals surface area contributed by atoms with Gasteiger partial charge in [-0.2, -0.15) is 4.98 Å². The van der Waals surface area contributed by atoms with E-state index in [4.69, 9.17) is 15.2 Å². The number of nitrogens with two attached hydrogens (primary N) is 1. The summed E-state index contributed by atoms with van der Waals surface area (Å²) in [6.07, 6.45) is 1.01. The molecule has 0 aliphatic rings. The van der Waals surface area contributed by atoms with Crippen molar-refractivity contribution in [3.8, 4) is 5.75 Å². The number of hydrogen-bond donors (Lipinski definition) is 3. The number of ether oxygens (including phenoxy) is 2. The summed E-state index contributed by atoms with van der Waals surface area (Å²) in [6.45, 7) is -1.40. The van der Waals surface area contributed by atoms with Crippen LogP contribution in [0.25, 0.3) is 10.2 Å². The molecule has 0 bridgehead atoms. The molecular weight excluding hydrogens is 564 g/mol. The third-order valence-corrected chi connectivity index (χ3v) is 8.35. The molecule has 40 heavy (non-hydrogen) atoms. The lowest BCUT2D eigenvalue weighted by Crippen LogP contribution is -2.49. The summed E-state index contributed by atoms with van der Waals surface area (Å²) >= 11 is 0.978. The number of carboxylic acids is 1. The fraction of sp³-hybridized carbons (Fsp3) is 0.208. The predicted octanol–water partition coefficient (Wildman–Crippen LogP) is 0.802. The number of nitrogen functional groups attached to an aromatic ring is 1. The highest BCUT2D eigenvalue weighted by atomic mass is 32.2. The predicted molar refractivity (Wildman–Crippen MR) is 145 cm³/mol. The minimum absolute atomic E-state index is 0.117. The van der Waals surface area contributed by atoms with Crippen LogP contribution in [0.2, 0.25) is 0 Å². The molecule has 2 aromatic carbocycles. The van der Waals surface area contributed by atoms with E-state index >= 15 is 0 Å². The third-order valence-electron chi connectivity index (χ3n) is 5.48. The quantitative estimate of drug-likeness (QED) is 0.197. The van der Waals surface area contributed by atoms with Gasteiger partial charge in [0, 0.05) is 13.1 Å². The number of rotatable bonds is 12. The van der Waals surface area contributed by atoms with Gasteiger partial charge in [0.2, 0.25) is 4.34 Å². The van der Waals surface area contributed by atoms with E-state index in [-0.39, 0.29) is 29.6 Å². The van der Waals surface area contributed by atoms with Crippen LogP contribution in [0.5, 0.6) is 5.75 Å². The van der Waals surface area contributed by atoms with E-state index in [1.165, 1.54) is 7.11 Å². The molecule has 0 saturated carbocycles. The first kappa shape index (κ1) is 28.5. The first-order valence-electron chi connectivity index (χ1n) is 11.6. The van der Waals surface area contributed by atoms with Gasteiger partial charge in [0.25, 0.3) is 10.0 Å². The van der Waals surface area contributed by atoms with Crippen LogP contribution >= 0.6 is 11.3 Å². The van der Waals surface area contributed by atoms with Crippen molar-refractivity contribution in [3.63, 3.8) is 0 Å². The lowest BCUT2D eigenvalue weighted by atomic mass is 10.2. The summed E-state index contributed by atoms with van der Waals surface area (Å²) < 4.78 is 39.5. The van der Waals surface area contributed by atoms with Crippen LogP contribution in [0.15, 0.2) is 63.9 Å². The molecule has 2 aromatic heterocycles. The molecule has 14 nitrogen and oxygen atoms in total. The van der Waals surface area contributed by atoms with E-state index in [9.17, 15) is 27.9 Å². The number of benzene rings is 2. The molecule has 16 heteroatoms. The number of sulfonamides is 1. The number of hydrogen-bond acceptors (Lipinski definition) is 12. The Morgan fingerprint density at radius 3 is 2.55 bits per heavy atom. The Bertz CT molecular complexity index is 1670. The molecule has 0 unspecified atom stereocenters. The average molecular weight is 589 g/mol. The molecule has 2 heterocycles. The van der Waals surface area contributed by atoms with Gasteiger partial charge >= 0.3 is 17.6 Å². The second-order valence-electron chi connectivity index (χ2n) is 8.22. The van der Waals surface area contributed by atoms with Crippen molar-refractivity contribution in [2.75, 3.05) is 37.5 Å². The number of aliphatic carboxylic acids is 1. The zero-order chi connectivity index (χ0) is 28.9. The van der Waals surface area contributed by atoms with Gasteiger partial charge < -0.3 is 20.3 Å². The molecule has 0 fully saturated rings. The summed E-state index contributed by atoms with van der Waals surface area (Å²) in [7, 11) is -2.51. The minimum atomic E-state index is -4.03. The number of aromatic nitrogens is 3. The molecule has 210 valence electrons. The maximum atomic E-state index is 12.8. The van der Waals surface area contributed by atoms with Gasteiger partial charge in [0.1, 0.15) is 30.3 Å². The second kappa shape index (κ2) is 12.1. The molecule has 4 aromatic rings. The first-order chi connectivity index (χ1) is 19.1. The van der Waals surface area contributed by atoms with Gasteiger partial charge in [-0.05, 0) is 29.8 Å². The number of carbonyl (C=O) groups is 2. The van der Waals surface area contributed by atoms with Crippen LogP contribution in [0.1, 0.15) is 15.9 Å². The lowest BCUT2D eigenvalue weighted by Gasteiger charge is -2.24. The van der Waals surface area contributed by atoms with Crippen LogP contribution in [-0.2, 0) is 26.2 Å².